The number of amides is 2. The van der Waals surface area contributed by atoms with Gasteiger partial charge >= 0.3 is 0 Å². The molecule has 0 radical (unpaired) electrons. The third-order valence-corrected chi connectivity index (χ3v) is 5.85. The van der Waals surface area contributed by atoms with Gasteiger partial charge in [-0.05, 0) is 37.5 Å². The van der Waals surface area contributed by atoms with E-state index >= 15 is 0 Å². The van der Waals surface area contributed by atoms with Crippen LogP contribution in [0.3, 0.4) is 0 Å². The maximum absolute atomic E-state index is 13.9. The number of ether oxygens (including phenoxy) is 1. The van der Waals surface area contributed by atoms with Gasteiger partial charge in [-0.3, -0.25) is 9.59 Å². The number of methoxy groups -OCH3 is 1. The molecule has 136 valence electrons. The molecule has 1 saturated heterocycles. The van der Waals surface area contributed by atoms with Gasteiger partial charge < -0.3 is 14.5 Å². The molecule has 1 aromatic carbocycles. The number of nitrogens with zero attached hydrogens (tertiary/aromatic N) is 2. The van der Waals surface area contributed by atoms with E-state index in [1.165, 1.54) is 19.2 Å². The van der Waals surface area contributed by atoms with Crippen molar-refractivity contribution < 1.29 is 18.7 Å². The van der Waals surface area contributed by atoms with Crippen LogP contribution in [-0.4, -0.2) is 55.4 Å². The van der Waals surface area contributed by atoms with Crippen LogP contribution in [0.5, 0.6) is 5.75 Å². The van der Waals surface area contributed by atoms with Crippen LogP contribution in [0.15, 0.2) is 18.2 Å². The summed E-state index contributed by atoms with van der Waals surface area (Å²) in [5, 5.41) is 0. The van der Waals surface area contributed by atoms with E-state index in [1.54, 1.807) is 18.0 Å². The first-order valence-corrected chi connectivity index (χ1v) is 8.72. The Balaban J connectivity index is 1.77. The molecule has 6 heteroatoms. The Labute approximate surface area is 147 Å². The summed E-state index contributed by atoms with van der Waals surface area (Å²) in [5.41, 5.74) is 0.268. The Morgan fingerprint density at radius 1 is 1.44 bits per heavy atom. The summed E-state index contributed by atoms with van der Waals surface area (Å²) in [6.07, 6.45) is 4.43. The molecule has 1 aromatic rings. The highest BCUT2D eigenvalue weighted by Gasteiger charge is 2.49. The van der Waals surface area contributed by atoms with Gasteiger partial charge in [-0.15, -0.1) is 0 Å². The molecule has 2 amide bonds. The molecule has 1 heterocycles. The van der Waals surface area contributed by atoms with Gasteiger partial charge in [-0.25, -0.2) is 4.39 Å². The summed E-state index contributed by atoms with van der Waals surface area (Å²) in [5.74, 6) is -0.433. The minimum Gasteiger partial charge on any atom is -0.494 e. The van der Waals surface area contributed by atoms with E-state index in [0.29, 0.717) is 18.5 Å². The number of hydrogen-bond donors (Lipinski definition) is 0. The van der Waals surface area contributed by atoms with Crippen molar-refractivity contribution in [2.45, 2.75) is 38.1 Å². The predicted octanol–water partition coefficient (Wildman–Crippen LogP) is 2.70. The summed E-state index contributed by atoms with van der Waals surface area (Å²) in [7, 11) is 5.02. The number of carbonyl (C=O) groups is 2. The molecule has 2 fully saturated rings. The lowest BCUT2D eigenvalue weighted by atomic mass is 9.74. The highest BCUT2D eigenvalue weighted by atomic mass is 19.1. The summed E-state index contributed by atoms with van der Waals surface area (Å²) >= 11 is 0. The Kier molecular flexibility index (Phi) is 4.71. The summed E-state index contributed by atoms with van der Waals surface area (Å²) in [6.45, 7) is 0.585. The van der Waals surface area contributed by atoms with E-state index in [1.807, 2.05) is 11.9 Å². The number of likely N-dealkylation sites (tertiary alicyclic amines) is 1. The zero-order chi connectivity index (χ0) is 18.2. The fourth-order valence-corrected chi connectivity index (χ4v) is 4.55. The van der Waals surface area contributed by atoms with Crippen LogP contribution in [0, 0.1) is 11.2 Å². The third kappa shape index (κ3) is 3.10. The van der Waals surface area contributed by atoms with Crippen LogP contribution < -0.4 is 4.74 Å². The number of carbonyl (C=O) groups excluding carboxylic acids is 2. The van der Waals surface area contributed by atoms with E-state index < -0.39 is 5.82 Å². The Bertz CT molecular complexity index is 693. The number of piperidine rings is 1. The number of fused-ring (bicyclic) bond motifs is 1. The van der Waals surface area contributed by atoms with Crippen molar-refractivity contribution in [1.29, 1.82) is 0 Å². The van der Waals surface area contributed by atoms with Gasteiger partial charge in [0.15, 0.2) is 11.6 Å². The summed E-state index contributed by atoms with van der Waals surface area (Å²) in [6, 6.07) is 4.47. The normalized spacial score (nSPS) is 25.7. The van der Waals surface area contributed by atoms with Crippen molar-refractivity contribution in [2.24, 2.45) is 5.41 Å². The average molecular weight is 348 g/mol. The minimum atomic E-state index is -0.540. The first kappa shape index (κ1) is 17.7. The van der Waals surface area contributed by atoms with Gasteiger partial charge in [0.2, 0.25) is 5.91 Å². The first-order valence-electron chi connectivity index (χ1n) is 8.72. The molecular formula is C19H25FN2O3. The molecule has 1 saturated carbocycles. The Morgan fingerprint density at radius 2 is 2.20 bits per heavy atom. The molecule has 5 nitrogen and oxygen atoms in total. The van der Waals surface area contributed by atoms with Gasteiger partial charge in [0, 0.05) is 44.1 Å². The number of halogens is 1. The van der Waals surface area contributed by atoms with Crippen molar-refractivity contribution in [3.63, 3.8) is 0 Å². The predicted molar refractivity (Wildman–Crippen MR) is 92.0 cm³/mol. The quantitative estimate of drug-likeness (QED) is 0.841. The molecule has 3 rings (SSSR count). The van der Waals surface area contributed by atoms with Crippen molar-refractivity contribution >= 4 is 11.8 Å². The molecule has 2 atom stereocenters. The maximum Gasteiger partial charge on any atom is 0.253 e. The fourth-order valence-electron chi connectivity index (χ4n) is 4.55. The average Bonchev–Trinajstić information content (AvgIpc) is 3.02. The number of benzene rings is 1. The lowest BCUT2D eigenvalue weighted by Crippen LogP contribution is -2.54. The standard InChI is InChI=1S/C19H25FN2O3/c1-21(18(24)13-6-7-15(25-3)14(20)11-13)12-19-9-4-5-16(19)22(2)17(23)8-10-19/h6-7,11,16H,4-5,8-10,12H2,1-3H3. The highest BCUT2D eigenvalue weighted by molar-refractivity contribution is 5.94. The fraction of sp³-hybridized carbons (Fsp3) is 0.579. The third-order valence-electron chi connectivity index (χ3n) is 5.85. The molecule has 0 N–H and O–H groups in total. The SMILES string of the molecule is COc1ccc(C(=O)N(C)CC23CCCC2N(C)C(=O)CC3)cc1F. The van der Waals surface area contributed by atoms with Gasteiger partial charge in [-0.1, -0.05) is 6.42 Å². The van der Waals surface area contributed by atoms with Crippen LogP contribution >= 0.6 is 0 Å². The van der Waals surface area contributed by atoms with Crippen LogP contribution in [0.1, 0.15) is 42.5 Å². The number of hydrogen-bond acceptors (Lipinski definition) is 3. The molecule has 2 unspecified atom stereocenters. The van der Waals surface area contributed by atoms with Crippen molar-refractivity contribution in [2.75, 3.05) is 27.7 Å². The zero-order valence-electron chi connectivity index (χ0n) is 15.0. The van der Waals surface area contributed by atoms with Crippen LogP contribution in [0.2, 0.25) is 0 Å². The number of rotatable bonds is 4. The summed E-state index contributed by atoms with van der Waals surface area (Å²) in [4.78, 5) is 28.3. The van der Waals surface area contributed by atoms with Gasteiger partial charge in [0.05, 0.1) is 7.11 Å². The van der Waals surface area contributed by atoms with Gasteiger partial charge in [-0.2, -0.15) is 0 Å². The molecule has 1 aliphatic heterocycles. The molecule has 25 heavy (non-hydrogen) atoms. The second kappa shape index (κ2) is 6.65. The van der Waals surface area contributed by atoms with Crippen LogP contribution in [0.4, 0.5) is 4.39 Å². The Hall–Kier alpha value is -2.11. The first-order chi connectivity index (χ1) is 11.9. The minimum absolute atomic E-state index is 0.0436. The van der Waals surface area contributed by atoms with Crippen LogP contribution in [-0.2, 0) is 4.79 Å². The van der Waals surface area contributed by atoms with Crippen molar-refractivity contribution in [3.05, 3.63) is 29.6 Å². The van der Waals surface area contributed by atoms with E-state index in [0.717, 1.165) is 25.7 Å². The smallest absolute Gasteiger partial charge is 0.253 e. The zero-order valence-corrected chi connectivity index (χ0v) is 15.0. The van der Waals surface area contributed by atoms with Crippen molar-refractivity contribution in [3.8, 4) is 5.75 Å². The van der Waals surface area contributed by atoms with Crippen molar-refractivity contribution in [1.82, 2.24) is 9.80 Å². The second-order valence-electron chi connectivity index (χ2n) is 7.29. The molecule has 0 bridgehead atoms. The topological polar surface area (TPSA) is 49.9 Å². The monoisotopic (exact) mass is 348 g/mol. The molecule has 1 aliphatic carbocycles. The second-order valence-corrected chi connectivity index (χ2v) is 7.29. The largest absolute Gasteiger partial charge is 0.494 e. The molecule has 0 spiro atoms. The molecular weight excluding hydrogens is 323 g/mol. The highest BCUT2D eigenvalue weighted by Crippen LogP contribution is 2.48. The van der Waals surface area contributed by atoms with E-state index in [-0.39, 0.29) is 29.0 Å². The van der Waals surface area contributed by atoms with Crippen LogP contribution in [0.25, 0.3) is 0 Å². The van der Waals surface area contributed by atoms with Gasteiger partial charge in [0.1, 0.15) is 0 Å². The lowest BCUT2D eigenvalue weighted by molar-refractivity contribution is -0.140. The van der Waals surface area contributed by atoms with E-state index in [4.69, 9.17) is 4.74 Å². The summed E-state index contributed by atoms with van der Waals surface area (Å²) < 4.78 is 18.8. The molecule has 0 aromatic heterocycles. The Morgan fingerprint density at radius 3 is 2.88 bits per heavy atom. The lowest BCUT2D eigenvalue weighted by Gasteiger charge is -2.46. The van der Waals surface area contributed by atoms with Gasteiger partial charge in [0.25, 0.3) is 5.91 Å². The van der Waals surface area contributed by atoms with E-state index in [2.05, 4.69) is 0 Å². The maximum atomic E-state index is 13.9. The van der Waals surface area contributed by atoms with E-state index in [9.17, 15) is 14.0 Å². The molecule has 2 aliphatic rings.